The normalized spacial score (nSPS) is 14.1. The average molecular weight is 470 g/mol. The van der Waals surface area contributed by atoms with Crippen molar-refractivity contribution < 1.29 is 14.6 Å². The fourth-order valence-electron chi connectivity index (χ4n) is 4.06. The van der Waals surface area contributed by atoms with Gasteiger partial charge in [0, 0.05) is 48.4 Å². The molecule has 1 aliphatic carbocycles. The van der Waals surface area contributed by atoms with Gasteiger partial charge in [0.15, 0.2) is 0 Å². The first kappa shape index (κ1) is 22.7. The quantitative estimate of drug-likeness (QED) is 0.426. The molecular weight excluding hydrogens is 442 g/mol. The van der Waals surface area contributed by atoms with E-state index >= 15 is 0 Å². The van der Waals surface area contributed by atoms with E-state index in [9.17, 15) is 5.11 Å². The van der Waals surface area contributed by atoms with Gasteiger partial charge in [0.25, 0.3) is 0 Å². The molecule has 0 unspecified atom stereocenters. The molecule has 1 N–H and O–H groups in total. The van der Waals surface area contributed by atoms with Gasteiger partial charge in [-0.3, -0.25) is 9.67 Å². The molecule has 4 aromatic rings. The lowest BCUT2D eigenvalue weighted by molar-refractivity contribution is 0.0239. The topological polar surface area (TPSA) is 85.5 Å². The first-order chi connectivity index (χ1) is 17.0. The van der Waals surface area contributed by atoms with Crippen LogP contribution in [0.4, 0.5) is 11.4 Å². The Bertz CT molecular complexity index is 1410. The Hall–Kier alpha value is -4.09. The number of hydrogen-bond acceptors (Lipinski definition) is 7. The van der Waals surface area contributed by atoms with Crippen LogP contribution in [0.15, 0.2) is 55.0 Å². The molecule has 2 aromatic heterocycles. The van der Waals surface area contributed by atoms with E-state index in [0.717, 1.165) is 52.9 Å². The molecule has 1 fully saturated rings. The minimum Gasteiger partial charge on any atom is -0.497 e. The summed E-state index contributed by atoms with van der Waals surface area (Å²) in [5.41, 5.74) is 4.08. The minimum absolute atomic E-state index is 0.375. The number of methoxy groups -OCH3 is 2. The molecule has 178 valence electrons. The summed E-state index contributed by atoms with van der Waals surface area (Å²) in [7, 11) is 5.12. The van der Waals surface area contributed by atoms with Gasteiger partial charge in [-0.2, -0.15) is 5.10 Å². The highest BCUT2D eigenvalue weighted by Gasteiger charge is 2.32. The molecule has 0 spiro atoms. The zero-order valence-corrected chi connectivity index (χ0v) is 20.0. The standard InChI is InChI=1S/C27H27N5O3/c1-31-18-19(16-29-31)26-17-28-24-7-6-20(14-25(24)30-26)32(11-5-10-27(33)8-4-9-27)21-12-22(34-2)15-23(13-21)35-3/h6-7,12-18,33H,4,8-9,11H2,1-3H3. The summed E-state index contributed by atoms with van der Waals surface area (Å²) in [4.78, 5) is 11.5. The molecule has 8 heteroatoms. The van der Waals surface area contributed by atoms with Crippen molar-refractivity contribution in [2.45, 2.75) is 24.9 Å². The van der Waals surface area contributed by atoms with Gasteiger partial charge in [-0.1, -0.05) is 11.8 Å². The fraction of sp³-hybridized carbons (Fsp3) is 0.296. The third-order valence-corrected chi connectivity index (χ3v) is 6.22. The van der Waals surface area contributed by atoms with Gasteiger partial charge in [-0.25, -0.2) is 4.98 Å². The Labute approximate surface area is 204 Å². The van der Waals surface area contributed by atoms with E-state index < -0.39 is 5.60 Å². The van der Waals surface area contributed by atoms with Crippen molar-refractivity contribution in [3.63, 3.8) is 0 Å². The van der Waals surface area contributed by atoms with E-state index in [-0.39, 0.29) is 0 Å². The summed E-state index contributed by atoms with van der Waals surface area (Å²) in [6.45, 7) is 0.375. The first-order valence-electron chi connectivity index (χ1n) is 11.5. The molecule has 1 aliphatic rings. The van der Waals surface area contributed by atoms with Crippen LogP contribution in [-0.4, -0.2) is 51.2 Å². The number of anilines is 2. The second kappa shape index (κ2) is 9.28. The molecule has 0 saturated heterocycles. The van der Waals surface area contributed by atoms with Gasteiger partial charge >= 0.3 is 0 Å². The fourth-order valence-corrected chi connectivity index (χ4v) is 4.06. The van der Waals surface area contributed by atoms with Crippen LogP contribution in [0.3, 0.4) is 0 Å². The molecule has 1 saturated carbocycles. The number of ether oxygens (including phenoxy) is 2. The number of benzene rings is 2. The van der Waals surface area contributed by atoms with E-state index in [1.807, 2.05) is 49.6 Å². The summed E-state index contributed by atoms with van der Waals surface area (Å²) in [5, 5.41) is 14.7. The summed E-state index contributed by atoms with van der Waals surface area (Å²) in [6.07, 6.45) is 7.88. The Morgan fingerprint density at radius 2 is 1.80 bits per heavy atom. The predicted octanol–water partition coefficient (Wildman–Crippen LogP) is 4.10. The van der Waals surface area contributed by atoms with Gasteiger partial charge in [-0.15, -0.1) is 0 Å². The smallest absolute Gasteiger partial charge is 0.125 e. The third kappa shape index (κ3) is 4.77. The highest BCUT2D eigenvalue weighted by atomic mass is 16.5. The van der Waals surface area contributed by atoms with Crippen molar-refractivity contribution in [2.75, 3.05) is 25.7 Å². The van der Waals surface area contributed by atoms with E-state index in [0.29, 0.717) is 18.0 Å². The molecular formula is C27H27N5O3. The number of hydrogen-bond donors (Lipinski definition) is 1. The molecule has 8 nitrogen and oxygen atoms in total. The third-order valence-electron chi connectivity index (χ3n) is 6.22. The molecule has 5 rings (SSSR count). The maximum atomic E-state index is 10.5. The van der Waals surface area contributed by atoms with Crippen LogP contribution in [-0.2, 0) is 7.05 Å². The van der Waals surface area contributed by atoms with Crippen LogP contribution in [0.5, 0.6) is 11.5 Å². The lowest BCUT2D eigenvalue weighted by atomic mass is 9.81. The van der Waals surface area contributed by atoms with Crippen LogP contribution < -0.4 is 14.4 Å². The number of aryl methyl sites for hydroxylation is 1. The highest BCUT2D eigenvalue weighted by Crippen LogP contribution is 2.34. The minimum atomic E-state index is -0.870. The summed E-state index contributed by atoms with van der Waals surface area (Å²) in [5.74, 6) is 7.59. The molecule has 2 heterocycles. The predicted molar refractivity (Wildman–Crippen MR) is 135 cm³/mol. The Balaban J connectivity index is 1.57. The summed E-state index contributed by atoms with van der Waals surface area (Å²) < 4.78 is 12.7. The molecule has 0 radical (unpaired) electrons. The van der Waals surface area contributed by atoms with Gasteiger partial charge in [-0.05, 0) is 37.5 Å². The number of aromatic nitrogens is 4. The van der Waals surface area contributed by atoms with Crippen molar-refractivity contribution in [1.29, 1.82) is 0 Å². The van der Waals surface area contributed by atoms with E-state index in [4.69, 9.17) is 14.5 Å². The van der Waals surface area contributed by atoms with Crippen LogP contribution in [0, 0.1) is 11.8 Å². The summed E-state index contributed by atoms with van der Waals surface area (Å²) in [6, 6.07) is 11.6. The van der Waals surface area contributed by atoms with Crippen molar-refractivity contribution >= 4 is 22.4 Å². The number of nitrogens with zero attached hydrogens (tertiary/aromatic N) is 5. The van der Waals surface area contributed by atoms with E-state index in [1.165, 1.54) is 0 Å². The lowest BCUT2D eigenvalue weighted by Gasteiger charge is -2.31. The average Bonchev–Trinajstić information content (AvgIpc) is 3.30. The largest absolute Gasteiger partial charge is 0.497 e. The van der Waals surface area contributed by atoms with E-state index in [1.54, 1.807) is 31.3 Å². The van der Waals surface area contributed by atoms with Crippen molar-refractivity contribution in [3.8, 4) is 34.6 Å². The monoisotopic (exact) mass is 469 g/mol. The van der Waals surface area contributed by atoms with Gasteiger partial charge in [0.1, 0.15) is 17.1 Å². The molecule has 35 heavy (non-hydrogen) atoms. The Morgan fingerprint density at radius 1 is 1.03 bits per heavy atom. The Kier molecular flexibility index (Phi) is 6.01. The van der Waals surface area contributed by atoms with Gasteiger partial charge < -0.3 is 19.5 Å². The molecule has 0 aliphatic heterocycles. The molecule has 0 bridgehead atoms. The van der Waals surface area contributed by atoms with E-state index in [2.05, 4.69) is 26.8 Å². The first-order valence-corrected chi connectivity index (χ1v) is 11.5. The molecule has 2 aromatic carbocycles. The maximum absolute atomic E-state index is 10.5. The van der Waals surface area contributed by atoms with Crippen LogP contribution in [0.2, 0.25) is 0 Å². The van der Waals surface area contributed by atoms with Crippen LogP contribution in [0.25, 0.3) is 22.3 Å². The summed E-state index contributed by atoms with van der Waals surface area (Å²) >= 11 is 0. The zero-order valence-electron chi connectivity index (χ0n) is 20.0. The highest BCUT2D eigenvalue weighted by molar-refractivity contribution is 5.83. The second-order valence-electron chi connectivity index (χ2n) is 8.67. The zero-order chi connectivity index (χ0) is 24.4. The van der Waals surface area contributed by atoms with Crippen LogP contribution >= 0.6 is 0 Å². The number of fused-ring (bicyclic) bond motifs is 1. The molecule has 0 atom stereocenters. The van der Waals surface area contributed by atoms with Gasteiger partial charge in [0.2, 0.25) is 0 Å². The van der Waals surface area contributed by atoms with Crippen molar-refractivity contribution in [1.82, 2.24) is 19.7 Å². The molecule has 0 amide bonds. The maximum Gasteiger partial charge on any atom is 0.125 e. The SMILES string of the molecule is COc1cc(OC)cc(N(CC#CC2(O)CCC2)c2ccc3ncc(-c4cnn(C)c4)nc3c2)c1. The number of rotatable bonds is 6. The van der Waals surface area contributed by atoms with Crippen molar-refractivity contribution in [2.24, 2.45) is 7.05 Å². The number of aliphatic hydroxyl groups is 1. The second-order valence-corrected chi connectivity index (χ2v) is 8.67. The van der Waals surface area contributed by atoms with Crippen molar-refractivity contribution in [3.05, 3.63) is 55.0 Å². The lowest BCUT2D eigenvalue weighted by Crippen LogP contribution is -2.35. The Morgan fingerprint density at radius 3 is 2.43 bits per heavy atom. The van der Waals surface area contributed by atoms with Gasteiger partial charge in [0.05, 0.1) is 49.9 Å². The van der Waals surface area contributed by atoms with Crippen LogP contribution in [0.1, 0.15) is 19.3 Å².